The van der Waals surface area contributed by atoms with Gasteiger partial charge in [-0.25, -0.2) is 19.0 Å². The Labute approximate surface area is 193 Å². The van der Waals surface area contributed by atoms with Crippen molar-refractivity contribution in [3.8, 4) is 5.69 Å². The molecular weight excluding hydrogens is 447 g/mol. The molecule has 1 aliphatic carbocycles. The number of hydrogen-bond acceptors (Lipinski definition) is 4. The first-order chi connectivity index (χ1) is 15.7. The number of hydrogen-bond donors (Lipinski definition) is 1. The molecule has 1 saturated carbocycles. The van der Waals surface area contributed by atoms with Crippen LogP contribution in [0.5, 0.6) is 0 Å². The van der Waals surface area contributed by atoms with Crippen molar-refractivity contribution in [2.45, 2.75) is 18.4 Å². The molecule has 2 aromatic carbocycles. The number of halogens is 2. The summed E-state index contributed by atoms with van der Waals surface area (Å²) in [6.45, 7) is 0. The lowest BCUT2D eigenvalue weighted by molar-refractivity contribution is 0.0691. The van der Waals surface area contributed by atoms with Crippen molar-refractivity contribution in [3.05, 3.63) is 87.2 Å². The number of pyridine rings is 1. The fourth-order valence-electron chi connectivity index (χ4n) is 4.38. The minimum absolute atomic E-state index is 0.170. The average Bonchev–Trinajstić information content (AvgIpc) is 3.51. The van der Waals surface area contributed by atoms with Gasteiger partial charge in [-0.15, -0.1) is 0 Å². The van der Waals surface area contributed by atoms with Crippen LogP contribution in [0.1, 0.15) is 28.8 Å². The normalized spacial score (nSPS) is 14.4. The molecule has 0 amide bonds. The summed E-state index contributed by atoms with van der Waals surface area (Å²) in [5.41, 5.74) is 0.779. The second-order valence-corrected chi connectivity index (χ2v) is 8.80. The zero-order chi connectivity index (χ0) is 23.5. The van der Waals surface area contributed by atoms with Crippen LogP contribution in [-0.4, -0.2) is 39.3 Å². The number of benzene rings is 2. The Morgan fingerprint density at radius 1 is 1.18 bits per heavy atom. The van der Waals surface area contributed by atoms with Crippen LogP contribution < -0.4 is 10.6 Å². The predicted octanol–water partition coefficient (Wildman–Crippen LogP) is 4.28. The van der Waals surface area contributed by atoms with Gasteiger partial charge in [0, 0.05) is 31.5 Å². The number of rotatable bonds is 5. The molecule has 5 rings (SSSR count). The van der Waals surface area contributed by atoms with E-state index in [0.717, 1.165) is 5.69 Å². The second kappa shape index (κ2) is 7.45. The van der Waals surface area contributed by atoms with Gasteiger partial charge in [-0.05, 0) is 49.2 Å². The van der Waals surface area contributed by atoms with Crippen LogP contribution in [0.4, 0.5) is 10.1 Å². The zero-order valence-corrected chi connectivity index (χ0v) is 18.7. The fraction of sp³-hybridized carbons (Fsp3) is 0.208. The molecule has 2 heterocycles. The number of nitrogens with zero attached hydrogens (tertiary/aromatic N) is 4. The number of aromatic nitrogens is 3. The van der Waals surface area contributed by atoms with Crippen molar-refractivity contribution in [3.63, 3.8) is 0 Å². The van der Waals surface area contributed by atoms with Crippen LogP contribution in [-0.2, 0) is 5.54 Å². The summed E-state index contributed by atoms with van der Waals surface area (Å²) in [6, 6.07) is 13.3. The summed E-state index contributed by atoms with van der Waals surface area (Å²) in [6.07, 6.45) is 2.41. The van der Waals surface area contributed by atoms with Crippen molar-refractivity contribution in [2.75, 3.05) is 19.0 Å². The highest BCUT2D eigenvalue weighted by Crippen LogP contribution is 2.51. The fourth-order valence-corrected chi connectivity index (χ4v) is 4.53. The lowest BCUT2D eigenvalue weighted by atomic mass is 10.0. The van der Waals surface area contributed by atoms with Crippen molar-refractivity contribution in [2.24, 2.45) is 0 Å². The molecule has 0 bridgehead atoms. The molecule has 33 heavy (non-hydrogen) atoms. The highest BCUT2D eigenvalue weighted by molar-refractivity contribution is 6.31. The Morgan fingerprint density at radius 2 is 1.88 bits per heavy atom. The molecule has 4 aromatic rings. The summed E-state index contributed by atoms with van der Waals surface area (Å²) in [5.74, 6) is -2.19. The van der Waals surface area contributed by atoms with Crippen LogP contribution in [0.25, 0.3) is 16.9 Å². The van der Waals surface area contributed by atoms with E-state index < -0.39 is 28.6 Å². The molecule has 0 spiro atoms. The SMILES string of the molecule is CN(C)c1ccc(-n2c(=O)n(C3(c4cccc(C(=O)O)c4F)CC3)c3ncc(Cl)cc32)cc1. The van der Waals surface area contributed by atoms with Crippen molar-refractivity contribution < 1.29 is 14.3 Å². The number of anilines is 1. The van der Waals surface area contributed by atoms with Crippen LogP contribution in [0.15, 0.2) is 59.5 Å². The Hall–Kier alpha value is -3.65. The van der Waals surface area contributed by atoms with E-state index >= 15 is 4.39 Å². The maximum Gasteiger partial charge on any atom is 0.338 e. The number of carbonyl (C=O) groups is 1. The molecule has 1 aliphatic rings. The molecule has 0 radical (unpaired) electrons. The lowest BCUT2D eigenvalue weighted by Gasteiger charge is -2.19. The Bertz CT molecular complexity index is 1470. The van der Waals surface area contributed by atoms with Gasteiger partial charge in [0.1, 0.15) is 5.82 Å². The zero-order valence-electron chi connectivity index (χ0n) is 17.9. The molecule has 9 heteroatoms. The molecule has 7 nitrogen and oxygen atoms in total. The largest absolute Gasteiger partial charge is 0.478 e. The number of fused-ring (bicyclic) bond motifs is 1. The first-order valence-electron chi connectivity index (χ1n) is 10.3. The van der Waals surface area contributed by atoms with E-state index in [0.29, 0.717) is 34.7 Å². The van der Waals surface area contributed by atoms with Crippen LogP contribution in [0.3, 0.4) is 0 Å². The van der Waals surface area contributed by atoms with E-state index in [1.807, 2.05) is 43.3 Å². The number of imidazole rings is 1. The van der Waals surface area contributed by atoms with E-state index in [-0.39, 0.29) is 5.56 Å². The summed E-state index contributed by atoms with van der Waals surface area (Å²) in [5, 5.41) is 9.74. The third-order valence-electron chi connectivity index (χ3n) is 6.16. The average molecular weight is 467 g/mol. The topological polar surface area (TPSA) is 80.4 Å². The third-order valence-corrected chi connectivity index (χ3v) is 6.36. The van der Waals surface area contributed by atoms with E-state index in [4.69, 9.17) is 11.6 Å². The maximum absolute atomic E-state index is 15.2. The van der Waals surface area contributed by atoms with Gasteiger partial charge >= 0.3 is 11.7 Å². The number of carboxylic acids is 1. The van der Waals surface area contributed by atoms with Crippen LogP contribution in [0, 0.1) is 5.82 Å². The Kier molecular flexibility index (Phi) is 4.79. The number of aromatic carboxylic acids is 1. The summed E-state index contributed by atoms with van der Waals surface area (Å²) >= 11 is 6.22. The molecule has 1 fully saturated rings. The van der Waals surface area contributed by atoms with Gasteiger partial charge in [-0.2, -0.15) is 0 Å². The molecular formula is C24H20ClFN4O3. The second-order valence-electron chi connectivity index (χ2n) is 8.36. The van der Waals surface area contributed by atoms with E-state index in [1.54, 1.807) is 6.07 Å². The molecule has 0 unspecified atom stereocenters. The molecule has 0 aliphatic heterocycles. The van der Waals surface area contributed by atoms with Gasteiger partial charge in [0.2, 0.25) is 0 Å². The molecule has 2 aromatic heterocycles. The van der Waals surface area contributed by atoms with E-state index in [1.165, 1.54) is 33.5 Å². The highest BCUT2D eigenvalue weighted by Gasteiger charge is 2.51. The van der Waals surface area contributed by atoms with Gasteiger partial charge in [-0.3, -0.25) is 9.13 Å². The van der Waals surface area contributed by atoms with Crippen molar-refractivity contribution in [1.29, 1.82) is 0 Å². The Balaban J connectivity index is 1.78. The van der Waals surface area contributed by atoms with Crippen molar-refractivity contribution >= 4 is 34.4 Å². The summed E-state index contributed by atoms with van der Waals surface area (Å²) < 4.78 is 18.2. The minimum atomic E-state index is -1.36. The summed E-state index contributed by atoms with van der Waals surface area (Å²) in [7, 11) is 3.85. The summed E-state index contributed by atoms with van der Waals surface area (Å²) in [4.78, 5) is 31.7. The molecule has 0 atom stereocenters. The maximum atomic E-state index is 15.2. The molecule has 0 saturated heterocycles. The van der Waals surface area contributed by atoms with Gasteiger partial charge in [0.25, 0.3) is 0 Å². The Morgan fingerprint density at radius 3 is 2.48 bits per heavy atom. The lowest BCUT2D eigenvalue weighted by Crippen LogP contribution is -2.33. The van der Waals surface area contributed by atoms with Gasteiger partial charge in [0.05, 0.1) is 27.3 Å². The molecule has 1 N–H and O–H groups in total. The smallest absolute Gasteiger partial charge is 0.338 e. The van der Waals surface area contributed by atoms with Crippen molar-refractivity contribution in [1.82, 2.24) is 14.1 Å². The first kappa shape index (κ1) is 21.2. The predicted molar refractivity (Wildman–Crippen MR) is 124 cm³/mol. The number of carboxylic acid groups (broad SMARTS) is 1. The quantitative estimate of drug-likeness (QED) is 0.475. The standard InChI is InChI=1S/C24H20ClFN4O3/c1-28(2)15-6-8-16(9-7-15)29-19-12-14(25)13-27-21(19)30(23(29)33)24(10-11-24)18-5-3-4-17(20(18)26)22(31)32/h3-9,12-13H,10-11H2,1-2H3,(H,31,32). The highest BCUT2D eigenvalue weighted by atomic mass is 35.5. The monoisotopic (exact) mass is 466 g/mol. The third kappa shape index (κ3) is 3.21. The molecule has 168 valence electrons. The van der Waals surface area contributed by atoms with Gasteiger partial charge in [0.15, 0.2) is 5.65 Å². The van der Waals surface area contributed by atoms with Gasteiger partial charge < -0.3 is 10.0 Å². The van der Waals surface area contributed by atoms with E-state index in [9.17, 15) is 14.7 Å². The first-order valence-corrected chi connectivity index (χ1v) is 10.7. The van der Waals surface area contributed by atoms with E-state index in [2.05, 4.69) is 4.98 Å². The van der Waals surface area contributed by atoms with Gasteiger partial charge in [-0.1, -0.05) is 23.7 Å². The van der Waals surface area contributed by atoms with Crippen LogP contribution >= 0.6 is 11.6 Å². The minimum Gasteiger partial charge on any atom is -0.478 e. The van der Waals surface area contributed by atoms with Crippen LogP contribution in [0.2, 0.25) is 5.02 Å².